The molecule has 0 radical (unpaired) electrons. The lowest BCUT2D eigenvalue weighted by Crippen LogP contribution is -2.47. The van der Waals surface area contributed by atoms with Crippen LogP contribution in [0.25, 0.3) is 11.0 Å². The molecule has 2 atom stereocenters. The van der Waals surface area contributed by atoms with Gasteiger partial charge < -0.3 is 9.88 Å². The zero-order chi connectivity index (χ0) is 15.1. The predicted molar refractivity (Wildman–Crippen MR) is 86.9 cm³/mol. The second-order valence-electron chi connectivity index (χ2n) is 6.58. The van der Waals surface area contributed by atoms with Gasteiger partial charge in [-0.15, -0.1) is 11.6 Å². The van der Waals surface area contributed by atoms with Crippen LogP contribution in [0, 0.1) is 5.92 Å². The first kappa shape index (κ1) is 14.1. The number of nitrogens with one attached hydrogen (secondary N) is 1. The Hall–Kier alpha value is -1.55. The van der Waals surface area contributed by atoms with Crippen LogP contribution in [0.2, 0.25) is 0 Å². The van der Waals surface area contributed by atoms with Crippen molar-refractivity contribution in [3.8, 4) is 0 Å². The van der Waals surface area contributed by atoms with E-state index in [2.05, 4.69) is 22.0 Å². The van der Waals surface area contributed by atoms with Crippen LogP contribution in [-0.2, 0) is 11.2 Å². The highest BCUT2D eigenvalue weighted by Gasteiger charge is 2.42. The van der Waals surface area contributed by atoms with Crippen LogP contribution in [0.15, 0.2) is 24.4 Å². The summed E-state index contributed by atoms with van der Waals surface area (Å²) in [5.74, 6) is 0.846. The SMILES string of the molecule is O=C(CCl)N1C2CCC1CC(Cc1ccc3cc[nH]c3n1)C2. The maximum absolute atomic E-state index is 12.0. The molecule has 2 fully saturated rings. The maximum Gasteiger partial charge on any atom is 0.237 e. The van der Waals surface area contributed by atoms with E-state index in [1.807, 2.05) is 12.3 Å². The summed E-state index contributed by atoms with van der Waals surface area (Å²) >= 11 is 5.75. The fourth-order valence-electron chi connectivity index (χ4n) is 4.31. The number of fused-ring (bicyclic) bond motifs is 3. The minimum absolute atomic E-state index is 0.110. The molecular formula is C17H20ClN3O. The van der Waals surface area contributed by atoms with Crippen molar-refractivity contribution in [1.29, 1.82) is 0 Å². The van der Waals surface area contributed by atoms with Gasteiger partial charge in [0.05, 0.1) is 0 Å². The first-order valence-electron chi connectivity index (χ1n) is 8.04. The molecule has 0 aliphatic carbocycles. The molecule has 0 saturated carbocycles. The van der Waals surface area contributed by atoms with Gasteiger partial charge in [0.15, 0.2) is 0 Å². The minimum Gasteiger partial charge on any atom is -0.346 e. The molecular weight excluding hydrogens is 298 g/mol. The number of amides is 1. The van der Waals surface area contributed by atoms with Gasteiger partial charge in [0.1, 0.15) is 11.5 Å². The van der Waals surface area contributed by atoms with Gasteiger partial charge >= 0.3 is 0 Å². The fraction of sp³-hybridized carbons (Fsp3) is 0.529. The molecule has 2 aliphatic rings. The van der Waals surface area contributed by atoms with E-state index < -0.39 is 0 Å². The van der Waals surface area contributed by atoms with E-state index in [1.165, 1.54) is 0 Å². The fourth-order valence-corrected chi connectivity index (χ4v) is 4.45. The zero-order valence-electron chi connectivity index (χ0n) is 12.5. The Balaban J connectivity index is 1.48. The number of nitrogens with zero attached hydrogens (tertiary/aromatic N) is 2. The summed E-state index contributed by atoms with van der Waals surface area (Å²) in [6.45, 7) is 0. The van der Waals surface area contributed by atoms with Crippen LogP contribution >= 0.6 is 11.6 Å². The number of H-pyrrole nitrogens is 1. The summed E-state index contributed by atoms with van der Waals surface area (Å²) in [6, 6.07) is 7.10. The van der Waals surface area contributed by atoms with Gasteiger partial charge in [-0.05, 0) is 56.2 Å². The van der Waals surface area contributed by atoms with Crippen molar-refractivity contribution in [1.82, 2.24) is 14.9 Å². The average molecular weight is 318 g/mol. The Morgan fingerprint density at radius 3 is 2.77 bits per heavy atom. The predicted octanol–water partition coefficient (Wildman–Crippen LogP) is 3.11. The van der Waals surface area contributed by atoms with Crippen molar-refractivity contribution in [3.05, 3.63) is 30.1 Å². The molecule has 2 bridgehead atoms. The molecule has 4 rings (SSSR count). The molecule has 116 valence electrons. The number of carbonyl (C=O) groups is 1. The highest BCUT2D eigenvalue weighted by molar-refractivity contribution is 6.27. The van der Waals surface area contributed by atoms with Crippen LogP contribution in [0.5, 0.6) is 0 Å². The van der Waals surface area contributed by atoms with E-state index in [4.69, 9.17) is 16.6 Å². The van der Waals surface area contributed by atoms with E-state index in [1.54, 1.807) is 0 Å². The van der Waals surface area contributed by atoms with Crippen molar-refractivity contribution in [3.63, 3.8) is 0 Å². The molecule has 22 heavy (non-hydrogen) atoms. The number of alkyl halides is 1. The first-order chi connectivity index (χ1) is 10.7. The normalized spacial score (nSPS) is 27.5. The second-order valence-corrected chi connectivity index (χ2v) is 6.85. The van der Waals surface area contributed by atoms with Gasteiger partial charge in [0.2, 0.25) is 5.91 Å². The van der Waals surface area contributed by atoms with Gasteiger partial charge in [-0.3, -0.25) is 4.79 Å². The highest BCUT2D eigenvalue weighted by Crippen LogP contribution is 2.39. The Morgan fingerprint density at radius 1 is 1.27 bits per heavy atom. The molecule has 1 N–H and O–H groups in total. The van der Waals surface area contributed by atoms with Crippen LogP contribution in [0.1, 0.15) is 31.4 Å². The van der Waals surface area contributed by atoms with E-state index in [-0.39, 0.29) is 11.8 Å². The van der Waals surface area contributed by atoms with E-state index >= 15 is 0 Å². The number of halogens is 1. The summed E-state index contributed by atoms with van der Waals surface area (Å²) in [5.41, 5.74) is 2.12. The number of aromatic nitrogens is 2. The lowest BCUT2D eigenvalue weighted by Gasteiger charge is -2.38. The summed E-state index contributed by atoms with van der Waals surface area (Å²) in [4.78, 5) is 21.9. The maximum atomic E-state index is 12.0. The number of hydrogen-bond acceptors (Lipinski definition) is 2. The molecule has 0 aromatic carbocycles. The van der Waals surface area contributed by atoms with Crippen molar-refractivity contribution in [2.75, 3.05) is 5.88 Å². The minimum atomic E-state index is 0.110. The molecule has 2 aromatic heterocycles. The molecule has 2 aromatic rings. The standard InChI is InChI=1S/C17H20ClN3O/c18-10-16(22)21-14-3-4-15(21)9-11(8-14)7-13-2-1-12-5-6-19-17(12)20-13/h1-2,5-6,11,14-15H,3-4,7-10H2,(H,19,20). The summed E-state index contributed by atoms with van der Waals surface area (Å²) in [5, 5.41) is 1.16. The number of piperidine rings is 1. The second kappa shape index (κ2) is 5.58. The van der Waals surface area contributed by atoms with Crippen LogP contribution in [-0.4, -0.2) is 38.7 Å². The first-order valence-corrected chi connectivity index (χ1v) is 8.58. The molecule has 2 saturated heterocycles. The monoisotopic (exact) mass is 317 g/mol. The zero-order valence-corrected chi connectivity index (χ0v) is 13.2. The number of hydrogen-bond donors (Lipinski definition) is 1. The van der Waals surface area contributed by atoms with Gasteiger partial charge in [-0.1, -0.05) is 0 Å². The van der Waals surface area contributed by atoms with E-state index in [0.29, 0.717) is 18.0 Å². The number of rotatable bonds is 3. The molecule has 2 aliphatic heterocycles. The molecule has 2 unspecified atom stereocenters. The van der Waals surface area contributed by atoms with Crippen LogP contribution < -0.4 is 0 Å². The van der Waals surface area contributed by atoms with Gasteiger partial charge in [0.25, 0.3) is 0 Å². The summed E-state index contributed by atoms with van der Waals surface area (Å²) < 4.78 is 0. The quantitative estimate of drug-likeness (QED) is 0.884. The number of pyridine rings is 1. The van der Waals surface area contributed by atoms with Gasteiger partial charge in [-0.2, -0.15) is 0 Å². The van der Waals surface area contributed by atoms with Crippen molar-refractivity contribution in [2.24, 2.45) is 5.92 Å². The summed E-state index contributed by atoms with van der Waals surface area (Å²) in [7, 11) is 0. The Kier molecular flexibility index (Phi) is 3.57. The van der Waals surface area contributed by atoms with Crippen molar-refractivity contribution < 1.29 is 4.79 Å². The Bertz CT molecular complexity index is 684. The third-order valence-electron chi connectivity index (χ3n) is 5.20. The molecule has 4 heterocycles. The summed E-state index contributed by atoms with van der Waals surface area (Å²) in [6.07, 6.45) is 7.37. The lowest BCUT2D eigenvalue weighted by molar-refractivity contribution is -0.133. The molecule has 0 spiro atoms. The lowest BCUT2D eigenvalue weighted by atomic mass is 9.87. The van der Waals surface area contributed by atoms with Crippen molar-refractivity contribution >= 4 is 28.5 Å². The third-order valence-corrected chi connectivity index (χ3v) is 5.43. The largest absolute Gasteiger partial charge is 0.346 e. The van der Waals surface area contributed by atoms with Gasteiger partial charge in [0, 0.05) is 29.4 Å². The molecule has 1 amide bonds. The van der Waals surface area contributed by atoms with Crippen LogP contribution in [0.3, 0.4) is 0 Å². The molecule has 5 heteroatoms. The average Bonchev–Trinajstić information content (AvgIpc) is 3.09. The third kappa shape index (κ3) is 2.39. The van der Waals surface area contributed by atoms with E-state index in [9.17, 15) is 4.79 Å². The Morgan fingerprint density at radius 2 is 2.05 bits per heavy atom. The number of aromatic amines is 1. The Labute approximate surface area is 134 Å². The number of carbonyl (C=O) groups excluding carboxylic acids is 1. The molecule has 4 nitrogen and oxygen atoms in total. The van der Waals surface area contributed by atoms with Crippen LogP contribution in [0.4, 0.5) is 0 Å². The highest BCUT2D eigenvalue weighted by atomic mass is 35.5. The van der Waals surface area contributed by atoms with Gasteiger partial charge in [-0.25, -0.2) is 4.98 Å². The van der Waals surface area contributed by atoms with Crippen molar-refractivity contribution in [2.45, 2.75) is 44.2 Å². The van der Waals surface area contributed by atoms with E-state index in [0.717, 1.165) is 48.8 Å². The topological polar surface area (TPSA) is 49.0 Å². The smallest absolute Gasteiger partial charge is 0.237 e.